The fourth-order valence-electron chi connectivity index (χ4n) is 1.62. The summed E-state index contributed by atoms with van der Waals surface area (Å²) in [6, 6.07) is 0.000396. The summed E-state index contributed by atoms with van der Waals surface area (Å²) < 4.78 is 5.44. The van der Waals surface area contributed by atoms with E-state index < -0.39 is 5.97 Å². The average Bonchev–Trinajstić information content (AvgIpc) is 2.69. The summed E-state index contributed by atoms with van der Waals surface area (Å²) >= 11 is 1.10. The first kappa shape index (κ1) is 13.3. The molecule has 6 heteroatoms. The molecule has 92 valence electrons. The van der Waals surface area contributed by atoms with Gasteiger partial charge >= 0.3 is 5.97 Å². The van der Waals surface area contributed by atoms with Gasteiger partial charge < -0.3 is 15.2 Å². The third-order valence-corrected chi connectivity index (χ3v) is 3.29. The van der Waals surface area contributed by atoms with Crippen molar-refractivity contribution < 1.29 is 19.4 Å². The van der Waals surface area contributed by atoms with Crippen LogP contribution in [-0.2, 0) is 14.3 Å². The lowest BCUT2D eigenvalue weighted by molar-refractivity contribution is -0.133. The van der Waals surface area contributed by atoms with Crippen LogP contribution in [0.4, 0.5) is 0 Å². The molecule has 2 N–H and O–H groups in total. The fraction of sp³-hybridized carbons (Fsp3) is 0.800. The molecule has 1 aliphatic rings. The number of carboxylic acid groups (broad SMARTS) is 1. The smallest absolute Gasteiger partial charge is 0.313 e. The molecule has 0 bridgehead atoms. The van der Waals surface area contributed by atoms with Crippen LogP contribution in [0.15, 0.2) is 0 Å². The number of aliphatic carboxylic acids is 1. The third-order valence-electron chi connectivity index (χ3n) is 2.37. The summed E-state index contributed by atoms with van der Waals surface area (Å²) in [5.41, 5.74) is 0. The molecule has 0 aliphatic carbocycles. The van der Waals surface area contributed by atoms with Crippen molar-refractivity contribution in [2.75, 3.05) is 18.1 Å². The van der Waals surface area contributed by atoms with Crippen molar-refractivity contribution in [2.24, 2.45) is 0 Å². The largest absolute Gasteiger partial charge is 0.481 e. The lowest BCUT2D eigenvalue weighted by Gasteiger charge is -2.19. The minimum absolute atomic E-state index is 0.000396. The molecule has 2 unspecified atom stereocenters. The number of rotatable bonds is 6. The molecule has 1 amide bonds. The van der Waals surface area contributed by atoms with Gasteiger partial charge in [-0.15, -0.1) is 11.8 Å². The van der Waals surface area contributed by atoms with Gasteiger partial charge in [0.25, 0.3) is 0 Å². The highest BCUT2D eigenvalue weighted by atomic mass is 32.2. The van der Waals surface area contributed by atoms with Gasteiger partial charge in [-0.3, -0.25) is 9.59 Å². The Kier molecular flexibility index (Phi) is 5.62. The van der Waals surface area contributed by atoms with Crippen molar-refractivity contribution >= 4 is 23.6 Å². The minimum atomic E-state index is -0.898. The van der Waals surface area contributed by atoms with Crippen LogP contribution in [0.25, 0.3) is 0 Å². The van der Waals surface area contributed by atoms with Crippen LogP contribution in [0.1, 0.15) is 19.8 Å². The summed E-state index contributed by atoms with van der Waals surface area (Å²) in [5, 5.41) is 11.2. The number of carbonyl (C=O) groups is 2. The van der Waals surface area contributed by atoms with Crippen molar-refractivity contribution in [3.63, 3.8) is 0 Å². The molecule has 1 saturated heterocycles. The van der Waals surface area contributed by atoms with Crippen molar-refractivity contribution in [3.05, 3.63) is 0 Å². The normalized spacial score (nSPS) is 21.7. The van der Waals surface area contributed by atoms with E-state index in [1.165, 1.54) is 0 Å². The Hall–Kier alpha value is -0.750. The van der Waals surface area contributed by atoms with E-state index in [1.807, 2.05) is 6.92 Å². The number of carbonyl (C=O) groups excluding carboxylic acids is 1. The van der Waals surface area contributed by atoms with Crippen LogP contribution >= 0.6 is 11.8 Å². The number of carboxylic acids is 1. The Balaban J connectivity index is 2.15. The molecular weight excluding hydrogens is 230 g/mol. The summed E-state index contributed by atoms with van der Waals surface area (Å²) in [6.45, 7) is 2.67. The van der Waals surface area contributed by atoms with Gasteiger partial charge in [0.1, 0.15) is 0 Å². The van der Waals surface area contributed by atoms with E-state index >= 15 is 0 Å². The molecule has 2 atom stereocenters. The van der Waals surface area contributed by atoms with Crippen LogP contribution < -0.4 is 5.32 Å². The van der Waals surface area contributed by atoms with Gasteiger partial charge in [-0.25, -0.2) is 0 Å². The first-order valence-corrected chi connectivity index (χ1v) is 6.45. The molecule has 0 aromatic carbocycles. The lowest BCUT2D eigenvalue weighted by atomic mass is 10.1. The van der Waals surface area contributed by atoms with E-state index in [4.69, 9.17) is 9.84 Å². The Morgan fingerprint density at radius 2 is 2.31 bits per heavy atom. The predicted octanol–water partition coefficient (Wildman–Crippen LogP) is 0.488. The van der Waals surface area contributed by atoms with Crippen molar-refractivity contribution in [3.8, 4) is 0 Å². The SMILES string of the molecule is CC(NC(=O)CSCC(=O)O)C1CCCO1. The molecule has 1 fully saturated rings. The maximum Gasteiger partial charge on any atom is 0.313 e. The molecule has 5 nitrogen and oxygen atoms in total. The van der Waals surface area contributed by atoms with E-state index in [1.54, 1.807) is 0 Å². The molecule has 0 aromatic heterocycles. The molecule has 0 saturated carbocycles. The van der Waals surface area contributed by atoms with E-state index in [-0.39, 0.29) is 29.6 Å². The molecule has 0 spiro atoms. The highest BCUT2D eigenvalue weighted by Crippen LogP contribution is 2.15. The number of amides is 1. The van der Waals surface area contributed by atoms with Crippen LogP contribution in [0.2, 0.25) is 0 Å². The second-order valence-corrected chi connectivity index (χ2v) is 4.78. The van der Waals surface area contributed by atoms with Gasteiger partial charge in [0, 0.05) is 6.61 Å². The maximum atomic E-state index is 11.4. The van der Waals surface area contributed by atoms with Crippen LogP contribution in [-0.4, -0.2) is 47.2 Å². The van der Waals surface area contributed by atoms with Crippen molar-refractivity contribution in [2.45, 2.75) is 31.9 Å². The quantitative estimate of drug-likeness (QED) is 0.714. The zero-order valence-electron chi connectivity index (χ0n) is 9.27. The zero-order valence-corrected chi connectivity index (χ0v) is 10.1. The van der Waals surface area contributed by atoms with Gasteiger partial charge in [-0.05, 0) is 19.8 Å². The van der Waals surface area contributed by atoms with Gasteiger partial charge in [-0.2, -0.15) is 0 Å². The number of thioether (sulfide) groups is 1. The Labute approximate surface area is 98.9 Å². The first-order chi connectivity index (χ1) is 7.59. The minimum Gasteiger partial charge on any atom is -0.481 e. The van der Waals surface area contributed by atoms with Crippen LogP contribution in [0.3, 0.4) is 0 Å². The molecule has 1 rings (SSSR count). The first-order valence-electron chi connectivity index (χ1n) is 5.30. The van der Waals surface area contributed by atoms with Crippen molar-refractivity contribution in [1.82, 2.24) is 5.32 Å². The molecular formula is C10H17NO4S. The monoisotopic (exact) mass is 247 g/mol. The van der Waals surface area contributed by atoms with Gasteiger partial charge in [0.15, 0.2) is 0 Å². The molecule has 16 heavy (non-hydrogen) atoms. The summed E-state index contributed by atoms with van der Waals surface area (Å²) in [4.78, 5) is 21.7. The standard InChI is InChI=1S/C10H17NO4S/c1-7(8-3-2-4-15-8)11-9(12)5-16-6-10(13)14/h7-8H,2-6H2,1H3,(H,11,12)(H,13,14). The Bertz CT molecular complexity index is 253. The zero-order chi connectivity index (χ0) is 12.0. The highest BCUT2D eigenvalue weighted by molar-refractivity contribution is 8.00. The summed E-state index contributed by atoms with van der Waals surface area (Å²) in [6.07, 6.45) is 2.12. The second-order valence-electron chi connectivity index (χ2n) is 3.79. The number of ether oxygens (including phenoxy) is 1. The average molecular weight is 247 g/mol. The summed E-state index contributed by atoms with van der Waals surface area (Å²) in [7, 11) is 0. The Morgan fingerprint density at radius 1 is 1.56 bits per heavy atom. The molecule has 0 radical (unpaired) electrons. The van der Waals surface area contributed by atoms with Crippen LogP contribution in [0.5, 0.6) is 0 Å². The lowest BCUT2D eigenvalue weighted by Crippen LogP contribution is -2.41. The van der Waals surface area contributed by atoms with Crippen LogP contribution in [0, 0.1) is 0 Å². The van der Waals surface area contributed by atoms with Gasteiger partial charge in [0.2, 0.25) is 5.91 Å². The molecule has 0 aromatic rings. The van der Waals surface area contributed by atoms with E-state index in [2.05, 4.69) is 5.32 Å². The highest BCUT2D eigenvalue weighted by Gasteiger charge is 2.23. The topological polar surface area (TPSA) is 75.6 Å². The van der Waals surface area contributed by atoms with E-state index in [0.717, 1.165) is 31.2 Å². The fourth-order valence-corrected chi connectivity index (χ4v) is 2.16. The molecule has 1 heterocycles. The third kappa shape index (κ3) is 4.85. The predicted molar refractivity (Wildman–Crippen MR) is 61.5 cm³/mol. The second kappa shape index (κ2) is 6.75. The number of nitrogens with one attached hydrogen (secondary N) is 1. The van der Waals surface area contributed by atoms with Gasteiger partial charge in [-0.1, -0.05) is 0 Å². The number of hydrogen-bond acceptors (Lipinski definition) is 4. The van der Waals surface area contributed by atoms with E-state index in [0.29, 0.717) is 0 Å². The Morgan fingerprint density at radius 3 is 2.88 bits per heavy atom. The van der Waals surface area contributed by atoms with Crippen molar-refractivity contribution in [1.29, 1.82) is 0 Å². The van der Waals surface area contributed by atoms with Gasteiger partial charge in [0.05, 0.1) is 23.7 Å². The molecule has 1 aliphatic heterocycles. The maximum absolute atomic E-state index is 11.4. The summed E-state index contributed by atoms with van der Waals surface area (Å²) in [5.74, 6) is -0.885. The number of hydrogen-bond donors (Lipinski definition) is 2. The van der Waals surface area contributed by atoms with E-state index in [9.17, 15) is 9.59 Å².